The lowest BCUT2D eigenvalue weighted by molar-refractivity contribution is 0.211. The summed E-state index contributed by atoms with van der Waals surface area (Å²) < 4.78 is 0. The van der Waals surface area contributed by atoms with Gasteiger partial charge in [-0.15, -0.1) is 0 Å². The molecule has 236 valence electrons. The van der Waals surface area contributed by atoms with Gasteiger partial charge in [0, 0.05) is 49.0 Å². The third-order valence-corrected chi connectivity index (χ3v) is 7.66. The number of allylic oxidation sites excluding steroid dienone is 7. The van der Waals surface area contributed by atoms with Crippen molar-refractivity contribution in [3.63, 3.8) is 0 Å². The van der Waals surface area contributed by atoms with Crippen LogP contribution in [0.3, 0.4) is 0 Å². The lowest BCUT2D eigenvalue weighted by Gasteiger charge is -2.33. The van der Waals surface area contributed by atoms with Gasteiger partial charge < -0.3 is 10.2 Å². The van der Waals surface area contributed by atoms with E-state index in [1.165, 1.54) is 29.7 Å². The van der Waals surface area contributed by atoms with Crippen molar-refractivity contribution in [3.8, 4) is 6.07 Å². The maximum Gasteiger partial charge on any atom is 0.234 e. The van der Waals surface area contributed by atoms with Crippen LogP contribution < -0.4 is 10.2 Å². The van der Waals surface area contributed by atoms with Gasteiger partial charge in [-0.3, -0.25) is 4.90 Å². The summed E-state index contributed by atoms with van der Waals surface area (Å²) >= 11 is 0. The highest BCUT2D eigenvalue weighted by molar-refractivity contribution is 5.63. The number of anilines is 2. The highest BCUT2D eigenvalue weighted by Gasteiger charge is 2.25. The molecule has 6 heteroatoms. The normalized spacial score (nSPS) is 15.8. The Morgan fingerprint density at radius 1 is 1.07 bits per heavy atom. The Bertz CT molecular complexity index is 1320. The number of rotatable bonds is 12. The van der Waals surface area contributed by atoms with Crippen LogP contribution in [0.2, 0.25) is 0 Å². The molecule has 2 fully saturated rings. The van der Waals surface area contributed by atoms with Gasteiger partial charge in [-0.25, -0.2) is 9.97 Å². The molecule has 0 unspecified atom stereocenters. The zero-order valence-corrected chi connectivity index (χ0v) is 28.2. The number of piperidine rings is 1. The molecule has 1 aromatic carbocycles. The molecule has 1 saturated carbocycles. The Labute approximate surface area is 267 Å². The summed E-state index contributed by atoms with van der Waals surface area (Å²) in [6, 6.07) is 13.1. The molecule has 0 atom stereocenters. The predicted molar refractivity (Wildman–Crippen MR) is 188 cm³/mol. The van der Waals surface area contributed by atoms with Gasteiger partial charge in [-0.1, -0.05) is 83.7 Å². The number of hydrogen-bond donors (Lipinski definition) is 1. The first-order valence-corrected chi connectivity index (χ1v) is 16.4. The molecular weight excluding hydrogens is 540 g/mol. The van der Waals surface area contributed by atoms with Gasteiger partial charge in [0.25, 0.3) is 0 Å². The molecule has 1 aliphatic carbocycles. The van der Waals surface area contributed by atoms with Crippen molar-refractivity contribution in [2.75, 3.05) is 23.3 Å². The minimum atomic E-state index is 0.200. The molecule has 2 aromatic rings. The first kappa shape index (κ1) is 36.2. The van der Waals surface area contributed by atoms with Crippen molar-refractivity contribution in [1.82, 2.24) is 14.9 Å². The van der Waals surface area contributed by atoms with Crippen LogP contribution in [0.25, 0.3) is 0 Å². The molecule has 0 radical (unpaired) electrons. The van der Waals surface area contributed by atoms with Gasteiger partial charge in [0.2, 0.25) is 5.82 Å². The maximum atomic E-state index is 9.04. The molecule has 0 spiro atoms. The number of aromatic nitrogens is 2. The zero-order valence-electron chi connectivity index (χ0n) is 28.2. The lowest BCUT2D eigenvalue weighted by Crippen LogP contribution is -2.38. The zero-order chi connectivity index (χ0) is 32.5. The average molecular weight is 595 g/mol. The molecule has 1 saturated heterocycles. The first-order valence-electron chi connectivity index (χ1n) is 16.4. The molecule has 0 amide bonds. The standard InChI is InChI=1S/C34H42N6.2C2H6/c1-6-8-9-25(3)27(5)40(31(7-2)22-26(4)29-12-13-29)32-14-10-28(11-15-32)24-39-20-17-30(18-21-39)37-33-16-19-36-34(23-35)38-33;2*1-2/h6,8-11,14-16,19,22,29-30H,4-5,7,12-13,17-18,20-21,24H2,1-3H3,(H,36,37,38);2*1-2H3/b8-6-,25-9+,31-22+;;. The summed E-state index contributed by atoms with van der Waals surface area (Å²) in [5.41, 5.74) is 7.01. The van der Waals surface area contributed by atoms with Gasteiger partial charge in [0.15, 0.2) is 0 Å². The minimum Gasteiger partial charge on any atom is -0.367 e. The fraction of sp³-hybridized carbons (Fsp3) is 0.447. The fourth-order valence-corrected chi connectivity index (χ4v) is 5.06. The first-order chi connectivity index (χ1) is 21.4. The average Bonchev–Trinajstić information content (AvgIpc) is 3.93. The van der Waals surface area contributed by atoms with Crippen LogP contribution in [0.1, 0.15) is 92.0 Å². The molecule has 0 bridgehead atoms. The van der Waals surface area contributed by atoms with Crippen molar-refractivity contribution in [2.45, 2.75) is 93.2 Å². The third-order valence-electron chi connectivity index (χ3n) is 7.66. The van der Waals surface area contributed by atoms with E-state index in [1.54, 1.807) is 6.20 Å². The van der Waals surface area contributed by atoms with E-state index < -0.39 is 0 Å². The van der Waals surface area contributed by atoms with E-state index in [9.17, 15) is 0 Å². The van der Waals surface area contributed by atoms with Crippen LogP contribution in [0.4, 0.5) is 11.5 Å². The van der Waals surface area contributed by atoms with E-state index >= 15 is 0 Å². The van der Waals surface area contributed by atoms with E-state index in [0.717, 1.165) is 61.7 Å². The molecule has 1 aromatic heterocycles. The van der Waals surface area contributed by atoms with Gasteiger partial charge in [0.05, 0.1) is 0 Å². The van der Waals surface area contributed by atoms with Gasteiger partial charge in [-0.05, 0) is 87.3 Å². The lowest BCUT2D eigenvalue weighted by atomic mass is 10.0. The van der Waals surface area contributed by atoms with E-state index in [2.05, 4.69) is 94.6 Å². The Morgan fingerprint density at radius 2 is 1.73 bits per heavy atom. The van der Waals surface area contributed by atoms with Crippen LogP contribution in [0.15, 0.2) is 96.5 Å². The number of likely N-dealkylation sites (tertiary alicyclic amines) is 1. The van der Waals surface area contributed by atoms with Crippen LogP contribution in [0.5, 0.6) is 0 Å². The smallest absolute Gasteiger partial charge is 0.234 e. The molecule has 44 heavy (non-hydrogen) atoms. The van der Waals surface area contributed by atoms with E-state index in [-0.39, 0.29) is 5.82 Å². The van der Waals surface area contributed by atoms with E-state index in [4.69, 9.17) is 5.26 Å². The van der Waals surface area contributed by atoms with Crippen LogP contribution in [0, 0.1) is 17.2 Å². The topological polar surface area (TPSA) is 68.1 Å². The Morgan fingerprint density at radius 3 is 2.30 bits per heavy atom. The Balaban J connectivity index is 0.00000162. The number of nitriles is 1. The Hall–Kier alpha value is -3.95. The molecule has 2 heterocycles. The summed E-state index contributed by atoms with van der Waals surface area (Å²) in [5, 5.41) is 12.5. The van der Waals surface area contributed by atoms with Gasteiger partial charge in [0.1, 0.15) is 11.9 Å². The number of hydrogen-bond acceptors (Lipinski definition) is 6. The van der Waals surface area contributed by atoms with Crippen molar-refractivity contribution < 1.29 is 0 Å². The highest BCUT2D eigenvalue weighted by Crippen LogP contribution is 2.38. The van der Waals surface area contributed by atoms with Crippen molar-refractivity contribution in [1.29, 1.82) is 5.26 Å². The van der Waals surface area contributed by atoms with Crippen molar-refractivity contribution in [3.05, 3.63) is 108 Å². The second-order valence-corrected chi connectivity index (χ2v) is 10.7. The largest absolute Gasteiger partial charge is 0.367 e. The molecular formula is C38H54N6. The van der Waals surface area contributed by atoms with Crippen molar-refractivity contribution >= 4 is 11.5 Å². The maximum absolute atomic E-state index is 9.04. The second-order valence-electron chi connectivity index (χ2n) is 10.7. The minimum absolute atomic E-state index is 0.200. The number of nitrogens with one attached hydrogen (secondary N) is 1. The van der Waals surface area contributed by atoms with Gasteiger partial charge in [-0.2, -0.15) is 5.26 Å². The van der Waals surface area contributed by atoms with E-state index in [1.807, 2.05) is 52.8 Å². The molecule has 4 rings (SSSR count). The number of nitrogens with zero attached hydrogens (tertiary/aromatic N) is 5. The summed E-state index contributed by atoms with van der Waals surface area (Å²) in [7, 11) is 0. The van der Waals surface area contributed by atoms with Gasteiger partial charge >= 0.3 is 0 Å². The third kappa shape index (κ3) is 11.0. The predicted octanol–water partition coefficient (Wildman–Crippen LogP) is 9.58. The van der Waals surface area contributed by atoms with Crippen molar-refractivity contribution in [2.24, 2.45) is 5.92 Å². The summed E-state index contributed by atoms with van der Waals surface area (Å²) in [6.07, 6.45) is 15.6. The quantitative estimate of drug-likeness (QED) is 0.247. The molecule has 2 aliphatic rings. The van der Waals surface area contributed by atoms with Crippen LogP contribution >= 0.6 is 0 Å². The van der Waals surface area contributed by atoms with Crippen LogP contribution in [-0.4, -0.2) is 34.0 Å². The van der Waals surface area contributed by atoms with E-state index in [0.29, 0.717) is 12.0 Å². The fourth-order valence-electron chi connectivity index (χ4n) is 5.06. The molecule has 6 nitrogen and oxygen atoms in total. The highest BCUT2D eigenvalue weighted by atomic mass is 15.2. The monoisotopic (exact) mass is 594 g/mol. The summed E-state index contributed by atoms with van der Waals surface area (Å²) in [6.45, 7) is 26.2. The number of benzene rings is 1. The molecule has 1 N–H and O–H groups in total. The summed E-state index contributed by atoms with van der Waals surface area (Å²) in [4.78, 5) is 13.0. The summed E-state index contributed by atoms with van der Waals surface area (Å²) in [5.74, 6) is 1.56. The SMILES string of the molecule is C=C(/C=C(\CC)N(C(=C)/C(C)=C/C=C\C)c1ccc(CN2CCC(Nc3ccnc(C#N)n3)CC2)cc1)C1CC1.CC.CC. The van der Waals surface area contributed by atoms with Crippen LogP contribution in [-0.2, 0) is 6.54 Å². The second kappa shape index (κ2) is 19.4. The molecule has 1 aliphatic heterocycles. The Kier molecular flexibility index (Phi) is 15.9.